The van der Waals surface area contributed by atoms with Crippen molar-refractivity contribution in [1.29, 1.82) is 0 Å². The number of ether oxygens (including phenoxy) is 1. The van der Waals surface area contributed by atoms with Crippen molar-refractivity contribution >= 4 is 23.2 Å². The molecule has 9 heteroatoms. The van der Waals surface area contributed by atoms with Crippen LogP contribution in [0.4, 0.5) is 10.7 Å². The fourth-order valence-electron chi connectivity index (χ4n) is 3.80. The van der Waals surface area contributed by atoms with Crippen LogP contribution in [0, 0.1) is 5.92 Å². The first-order chi connectivity index (χ1) is 12.6. The monoisotopic (exact) mass is 360 g/mol. The van der Waals surface area contributed by atoms with Gasteiger partial charge in [-0.2, -0.15) is 4.98 Å². The molecule has 140 valence electrons. The van der Waals surface area contributed by atoms with Gasteiger partial charge in [-0.25, -0.2) is 14.8 Å². The van der Waals surface area contributed by atoms with Gasteiger partial charge in [-0.05, 0) is 19.3 Å². The van der Waals surface area contributed by atoms with Gasteiger partial charge in [0.1, 0.15) is 12.4 Å². The van der Waals surface area contributed by atoms with E-state index in [0.717, 1.165) is 37.7 Å². The van der Waals surface area contributed by atoms with Crippen LogP contribution in [-0.2, 0) is 6.54 Å². The van der Waals surface area contributed by atoms with Crippen molar-refractivity contribution < 1.29 is 14.6 Å². The van der Waals surface area contributed by atoms with Gasteiger partial charge < -0.3 is 19.6 Å². The minimum absolute atomic E-state index is 0.203. The molecular formula is C17H24N6O3. The van der Waals surface area contributed by atoms with Crippen molar-refractivity contribution in [2.24, 2.45) is 5.92 Å². The Balaban J connectivity index is 1.64. The fraction of sp³-hybridized carbons (Fsp3) is 0.647. The van der Waals surface area contributed by atoms with E-state index in [2.05, 4.69) is 33.3 Å². The largest absolute Gasteiger partial charge is 0.471 e. The van der Waals surface area contributed by atoms with Crippen LogP contribution in [0.2, 0.25) is 0 Å². The Bertz CT molecular complexity index is 822. The Morgan fingerprint density at radius 2 is 2.15 bits per heavy atom. The number of likely N-dealkylation sites (tertiary alicyclic amines) is 1. The number of carboxylic acid groups (broad SMARTS) is 1. The number of anilines is 1. The lowest BCUT2D eigenvalue weighted by atomic mass is 10.2. The summed E-state index contributed by atoms with van der Waals surface area (Å²) in [6, 6.07) is 0. The van der Waals surface area contributed by atoms with Crippen molar-refractivity contribution in [3.05, 3.63) is 6.33 Å². The maximum absolute atomic E-state index is 11.1. The second-order valence-electron chi connectivity index (χ2n) is 7.10. The van der Waals surface area contributed by atoms with Gasteiger partial charge in [-0.3, -0.25) is 4.57 Å². The zero-order valence-corrected chi connectivity index (χ0v) is 15.1. The topological polar surface area (TPSA) is 96.6 Å². The third kappa shape index (κ3) is 2.91. The lowest BCUT2D eigenvalue weighted by Gasteiger charge is -2.17. The fourth-order valence-corrected chi connectivity index (χ4v) is 3.80. The summed E-state index contributed by atoms with van der Waals surface area (Å²) in [5.74, 6) is 2.01. The van der Waals surface area contributed by atoms with E-state index in [1.807, 2.05) is 0 Å². The van der Waals surface area contributed by atoms with Crippen molar-refractivity contribution in [3.63, 3.8) is 0 Å². The first-order valence-corrected chi connectivity index (χ1v) is 9.17. The Hall–Kier alpha value is -2.58. The molecule has 2 fully saturated rings. The number of hydrogen-bond acceptors (Lipinski definition) is 6. The summed E-state index contributed by atoms with van der Waals surface area (Å²) in [4.78, 5) is 28.3. The molecule has 2 atom stereocenters. The number of carbonyl (C=O) groups is 1. The van der Waals surface area contributed by atoms with Gasteiger partial charge in [-0.1, -0.05) is 6.92 Å². The lowest BCUT2D eigenvalue weighted by molar-refractivity contribution is 0.145. The number of imidazole rings is 1. The van der Waals surface area contributed by atoms with Gasteiger partial charge in [0.2, 0.25) is 11.8 Å². The highest BCUT2D eigenvalue weighted by Gasteiger charge is 2.30. The van der Waals surface area contributed by atoms with Crippen LogP contribution in [0.3, 0.4) is 0 Å². The molecule has 0 bridgehead atoms. The van der Waals surface area contributed by atoms with Gasteiger partial charge in [0, 0.05) is 32.6 Å². The molecule has 2 saturated heterocycles. The molecule has 1 N–H and O–H groups in total. The van der Waals surface area contributed by atoms with Gasteiger partial charge >= 0.3 is 6.09 Å². The van der Waals surface area contributed by atoms with Gasteiger partial charge in [0.05, 0.1) is 6.54 Å². The molecule has 2 aliphatic rings. The molecule has 4 rings (SSSR count). The molecule has 0 radical (unpaired) electrons. The van der Waals surface area contributed by atoms with Gasteiger partial charge in [0.15, 0.2) is 11.2 Å². The SMILES string of the molecule is CCn1c(N2CCC(C)C2)nc2c(O[C@H]3CCN(C(=O)O)C3)ncnc21. The summed E-state index contributed by atoms with van der Waals surface area (Å²) >= 11 is 0. The Morgan fingerprint density at radius 1 is 1.31 bits per heavy atom. The highest BCUT2D eigenvalue weighted by molar-refractivity contribution is 5.79. The second kappa shape index (κ2) is 6.62. The lowest BCUT2D eigenvalue weighted by Crippen LogP contribution is -2.29. The minimum atomic E-state index is -0.912. The Kier molecular flexibility index (Phi) is 4.29. The number of aromatic nitrogens is 4. The number of rotatable bonds is 4. The predicted molar refractivity (Wildman–Crippen MR) is 95.6 cm³/mol. The van der Waals surface area contributed by atoms with Crippen LogP contribution in [0.5, 0.6) is 5.88 Å². The molecule has 0 aliphatic carbocycles. The molecule has 1 amide bonds. The molecule has 0 aromatic carbocycles. The molecule has 26 heavy (non-hydrogen) atoms. The van der Waals surface area contributed by atoms with E-state index < -0.39 is 6.09 Å². The van der Waals surface area contributed by atoms with Crippen LogP contribution in [0.1, 0.15) is 26.7 Å². The zero-order chi connectivity index (χ0) is 18.3. The first kappa shape index (κ1) is 16.9. The standard InChI is InChI=1S/C17H24N6O3/c1-3-23-14-13(20-16(23)21-6-4-11(2)8-21)15(19-10-18-14)26-12-5-7-22(9-12)17(24)25/h10-12H,3-9H2,1-2H3,(H,24,25)/t11?,12-/m0/s1. The van der Waals surface area contributed by atoms with Crippen LogP contribution in [0.25, 0.3) is 11.2 Å². The van der Waals surface area contributed by atoms with Crippen LogP contribution in [-0.4, -0.2) is 67.9 Å². The van der Waals surface area contributed by atoms with E-state index >= 15 is 0 Å². The average molecular weight is 360 g/mol. The quantitative estimate of drug-likeness (QED) is 0.888. The number of nitrogens with zero attached hydrogens (tertiary/aromatic N) is 6. The predicted octanol–water partition coefficient (Wildman–Crippen LogP) is 1.82. The summed E-state index contributed by atoms with van der Waals surface area (Å²) in [5.41, 5.74) is 1.41. The Labute approximate surface area is 151 Å². The normalized spacial score (nSPS) is 23.2. The summed E-state index contributed by atoms with van der Waals surface area (Å²) in [6.45, 7) is 7.91. The van der Waals surface area contributed by atoms with Crippen molar-refractivity contribution in [2.75, 3.05) is 31.1 Å². The van der Waals surface area contributed by atoms with Gasteiger partial charge in [-0.15, -0.1) is 0 Å². The third-order valence-electron chi connectivity index (χ3n) is 5.20. The molecule has 2 aliphatic heterocycles. The summed E-state index contributed by atoms with van der Waals surface area (Å²) in [5, 5.41) is 9.11. The number of aryl methyl sites for hydroxylation is 1. The average Bonchev–Trinajstić information content (AvgIpc) is 3.32. The first-order valence-electron chi connectivity index (χ1n) is 9.17. The van der Waals surface area contributed by atoms with Crippen LogP contribution in [0.15, 0.2) is 6.33 Å². The smallest absolute Gasteiger partial charge is 0.407 e. The van der Waals surface area contributed by atoms with Crippen molar-refractivity contribution in [3.8, 4) is 5.88 Å². The van der Waals surface area contributed by atoms with Crippen molar-refractivity contribution in [1.82, 2.24) is 24.4 Å². The highest BCUT2D eigenvalue weighted by Crippen LogP contribution is 2.30. The van der Waals surface area contributed by atoms with Crippen molar-refractivity contribution in [2.45, 2.75) is 39.3 Å². The molecule has 9 nitrogen and oxygen atoms in total. The maximum Gasteiger partial charge on any atom is 0.407 e. The summed E-state index contributed by atoms with van der Waals surface area (Å²) < 4.78 is 8.11. The number of amides is 1. The molecule has 4 heterocycles. The third-order valence-corrected chi connectivity index (χ3v) is 5.20. The van der Waals surface area contributed by atoms with E-state index in [0.29, 0.717) is 36.8 Å². The van der Waals surface area contributed by atoms with E-state index in [1.165, 1.54) is 11.2 Å². The molecule has 1 unspecified atom stereocenters. The molecular weight excluding hydrogens is 336 g/mol. The van der Waals surface area contributed by atoms with Gasteiger partial charge in [0.25, 0.3) is 0 Å². The van der Waals surface area contributed by atoms with Crippen LogP contribution < -0.4 is 9.64 Å². The van der Waals surface area contributed by atoms with E-state index in [9.17, 15) is 4.79 Å². The molecule has 2 aromatic heterocycles. The molecule has 0 spiro atoms. The number of hydrogen-bond donors (Lipinski definition) is 1. The van der Waals surface area contributed by atoms with E-state index in [1.54, 1.807) is 0 Å². The van der Waals surface area contributed by atoms with Crippen LogP contribution >= 0.6 is 0 Å². The molecule has 0 saturated carbocycles. The highest BCUT2D eigenvalue weighted by atomic mass is 16.5. The number of fused-ring (bicyclic) bond motifs is 1. The van der Waals surface area contributed by atoms with E-state index in [4.69, 9.17) is 14.8 Å². The van der Waals surface area contributed by atoms with E-state index in [-0.39, 0.29) is 6.10 Å². The maximum atomic E-state index is 11.1. The second-order valence-corrected chi connectivity index (χ2v) is 7.10. The summed E-state index contributed by atoms with van der Waals surface area (Å²) in [6.07, 6.45) is 2.19. The molecule has 2 aromatic rings. The minimum Gasteiger partial charge on any atom is -0.471 e. The summed E-state index contributed by atoms with van der Waals surface area (Å²) in [7, 11) is 0. The zero-order valence-electron chi connectivity index (χ0n) is 15.1. The Morgan fingerprint density at radius 3 is 2.81 bits per heavy atom.